The Morgan fingerprint density at radius 2 is 1.50 bits per heavy atom. The summed E-state index contributed by atoms with van der Waals surface area (Å²) in [5.41, 5.74) is 2.23. The lowest BCUT2D eigenvalue weighted by molar-refractivity contribution is -0.121. The normalized spacial score (nSPS) is 11.5. The number of nitrogens with one attached hydrogen (secondary N) is 2. The second-order valence-corrected chi connectivity index (χ2v) is 7.27. The molecule has 0 radical (unpaired) electrons. The number of hydrogen-bond acceptors (Lipinski definition) is 2. The molecule has 0 spiro atoms. The predicted octanol–water partition coefficient (Wildman–Crippen LogP) is 4.89. The highest BCUT2D eigenvalue weighted by molar-refractivity contribution is 6.30. The van der Waals surface area contributed by atoms with E-state index in [9.17, 15) is 14.0 Å². The summed E-state index contributed by atoms with van der Waals surface area (Å²) >= 11 is 5.82. The molecule has 0 aliphatic heterocycles. The fraction of sp³-hybridized carbons (Fsp3) is 0.167. The average Bonchev–Trinajstić information content (AvgIpc) is 2.77. The molecule has 0 aliphatic rings. The largest absolute Gasteiger partial charge is 0.352 e. The highest BCUT2D eigenvalue weighted by Gasteiger charge is 2.16. The fourth-order valence-corrected chi connectivity index (χ4v) is 3.17. The van der Waals surface area contributed by atoms with E-state index in [1.54, 1.807) is 36.4 Å². The average molecular weight is 425 g/mol. The van der Waals surface area contributed by atoms with Crippen LogP contribution in [0.3, 0.4) is 0 Å². The first-order chi connectivity index (χ1) is 14.5. The highest BCUT2D eigenvalue weighted by atomic mass is 35.5. The summed E-state index contributed by atoms with van der Waals surface area (Å²) in [6.45, 7) is 0.376. The minimum atomic E-state index is -0.372. The molecule has 0 aromatic heterocycles. The van der Waals surface area contributed by atoms with Crippen LogP contribution in [0.2, 0.25) is 5.02 Å². The van der Waals surface area contributed by atoms with Gasteiger partial charge in [0.05, 0.1) is 6.04 Å². The predicted molar refractivity (Wildman–Crippen MR) is 116 cm³/mol. The van der Waals surface area contributed by atoms with Gasteiger partial charge in [-0.15, -0.1) is 0 Å². The summed E-state index contributed by atoms with van der Waals surface area (Å²) in [4.78, 5) is 24.6. The number of hydrogen-bond donors (Lipinski definition) is 2. The quantitative estimate of drug-likeness (QED) is 0.505. The van der Waals surface area contributed by atoms with Crippen molar-refractivity contribution in [3.05, 3.63) is 106 Å². The maximum absolute atomic E-state index is 13.3. The molecule has 6 heteroatoms. The molecular formula is C24H22ClFN2O2. The molecule has 0 saturated heterocycles. The number of benzene rings is 3. The van der Waals surface area contributed by atoms with Crippen LogP contribution < -0.4 is 10.6 Å². The minimum Gasteiger partial charge on any atom is -0.352 e. The van der Waals surface area contributed by atoms with Crippen molar-refractivity contribution in [2.75, 3.05) is 6.54 Å². The highest BCUT2D eigenvalue weighted by Crippen LogP contribution is 2.22. The van der Waals surface area contributed by atoms with E-state index in [2.05, 4.69) is 10.6 Å². The number of rotatable bonds is 8. The van der Waals surface area contributed by atoms with Gasteiger partial charge in [0.15, 0.2) is 0 Å². The number of halogens is 2. The van der Waals surface area contributed by atoms with E-state index in [-0.39, 0.29) is 30.1 Å². The fourth-order valence-electron chi connectivity index (χ4n) is 3.05. The third kappa shape index (κ3) is 6.16. The molecule has 4 nitrogen and oxygen atoms in total. The van der Waals surface area contributed by atoms with E-state index in [1.165, 1.54) is 12.1 Å². The van der Waals surface area contributed by atoms with E-state index in [0.29, 0.717) is 23.6 Å². The molecular weight excluding hydrogens is 403 g/mol. The first kappa shape index (κ1) is 21.5. The topological polar surface area (TPSA) is 58.2 Å². The maximum Gasteiger partial charge on any atom is 0.251 e. The Balaban J connectivity index is 1.54. The third-order valence-electron chi connectivity index (χ3n) is 4.61. The Morgan fingerprint density at radius 3 is 2.17 bits per heavy atom. The first-order valence-corrected chi connectivity index (χ1v) is 10.0. The van der Waals surface area contributed by atoms with Crippen LogP contribution in [0, 0.1) is 5.82 Å². The molecule has 0 heterocycles. The Hall–Kier alpha value is -3.18. The van der Waals surface area contributed by atoms with Crippen molar-refractivity contribution in [1.82, 2.24) is 10.6 Å². The Morgan fingerprint density at radius 1 is 0.867 bits per heavy atom. The molecule has 3 aromatic rings. The molecule has 3 rings (SSSR count). The summed E-state index contributed by atoms with van der Waals surface area (Å²) in [7, 11) is 0. The zero-order valence-electron chi connectivity index (χ0n) is 16.3. The molecule has 0 bridgehead atoms. The minimum absolute atomic E-state index is 0.145. The van der Waals surface area contributed by atoms with Crippen molar-refractivity contribution in [1.29, 1.82) is 0 Å². The van der Waals surface area contributed by atoms with Crippen LogP contribution in [0.15, 0.2) is 78.9 Å². The Labute approximate surface area is 180 Å². The monoisotopic (exact) mass is 424 g/mol. The summed E-state index contributed by atoms with van der Waals surface area (Å²) in [5.74, 6) is -0.678. The van der Waals surface area contributed by atoms with Crippen molar-refractivity contribution in [2.45, 2.75) is 18.9 Å². The molecule has 3 aromatic carbocycles. The Kier molecular flexibility index (Phi) is 7.57. The summed E-state index contributed by atoms with van der Waals surface area (Å²) in [5, 5.41) is 6.37. The summed E-state index contributed by atoms with van der Waals surface area (Å²) in [6.07, 6.45) is 0.752. The van der Waals surface area contributed by atoms with Crippen LogP contribution in [0.4, 0.5) is 4.39 Å². The smallest absolute Gasteiger partial charge is 0.251 e. The van der Waals surface area contributed by atoms with Crippen LogP contribution in [0.25, 0.3) is 0 Å². The van der Waals surface area contributed by atoms with Gasteiger partial charge >= 0.3 is 0 Å². The van der Waals surface area contributed by atoms with Crippen molar-refractivity contribution in [3.63, 3.8) is 0 Å². The van der Waals surface area contributed by atoms with Gasteiger partial charge in [-0.2, -0.15) is 0 Å². The van der Waals surface area contributed by atoms with Gasteiger partial charge in [-0.05, 0) is 53.9 Å². The lowest BCUT2D eigenvalue weighted by atomic mass is 9.98. The van der Waals surface area contributed by atoms with E-state index in [0.717, 1.165) is 11.1 Å². The molecule has 1 unspecified atom stereocenters. The lowest BCUT2D eigenvalue weighted by Crippen LogP contribution is -2.30. The molecule has 30 heavy (non-hydrogen) atoms. The van der Waals surface area contributed by atoms with Crippen molar-refractivity contribution >= 4 is 23.4 Å². The second-order valence-electron chi connectivity index (χ2n) is 6.83. The standard InChI is InChI=1S/C24H22ClFN2O2/c25-20-12-8-19(9-13-20)24(30)27-16-4-7-22(29)28-23(17-5-2-1-3-6-17)18-10-14-21(26)15-11-18/h1-3,5-6,8-15,23H,4,7,16H2,(H,27,30)(H,28,29). The van der Waals surface area contributed by atoms with E-state index in [1.807, 2.05) is 30.3 Å². The third-order valence-corrected chi connectivity index (χ3v) is 4.87. The molecule has 2 N–H and O–H groups in total. The zero-order valence-corrected chi connectivity index (χ0v) is 17.0. The van der Waals surface area contributed by atoms with Crippen LogP contribution >= 0.6 is 11.6 Å². The molecule has 0 saturated carbocycles. The van der Waals surface area contributed by atoms with Gasteiger partial charge in [0.2, 0.25) is 5.91 Å². The number of amides is 2. The number of carbonyl (C=O) groups is 2. The molecule has 0 fully saturated rings. The van der Waals surface area contributed by atoms with Gasteiger partial charge in [0.1, 0.15) is 5.82 Å². The Bertz CT molecular complexity index is 976. The summed E-state index contributed by atoms with van der Waals surface area (Å²) < 4.78 is 13.3. The SMILES string of the molecule is O=C(CCCNC(=O)c1ccc(Cl)cc1)NC(c1ccccc1)c1ccc(F)cc1. The maximum atomic E-state index is 13.3. The van der Waals surface area contributed by atoms with Crippen LogP contribution in [0.5, 0.6) is 0 Å². The van der Waals surface area contributed by atoms with Gasteiger partial charge < -0.3 is 10.6 Å². The second kappa shape index (κ2) is 10.6. The van der Waals surface area contributed by atoms with E-state index < -0.39 is 0 Å². The van der Waals surface area contributed by atoms with Gasteiger partial charge in [-0.25, -0.2) is 4.39 Å². The lowest BCUT2D eigenvalue weighted by Gasteiger charge is -2.20. The van der Waals surface area contributed by atoms with E-state index in [4.69, 9.17) is 11.6 Å². The van der Waals surface area contributed by atoms with E-state index >= 15 is 0 Å². The zero-order chi connectivity index (χ0) is 21.3. The summed E-state index contributed by atoms with van der Waals surface area (Å²) in [6, 6.07) is 21.9. The van der Waals surface area contributed by atoms with Crippen molar-refractivity contribution < 1.29 is 14.0 Å². The molecule has 154 valence electrons. The van der Waals surface area contributed by atoms with Gasteiger partial charge in [0.25, 0.3) is 5.91 Å². The van der Waals surface area contributed by atoms with Crippen molar-refractivity contribution in [3.8, 4) is 0 Å². The van der Waals surface area contributed by atoms with Gasteiger partial charge in [-0.1, -0.05) is 54.1 Å². The van der Waals surface area contributed by atoms with Crippen LogP contribution in [0.1, 0.15) is 40.4 Å². The number of carbonyl (C=O) groups excluding carboxylic acids is 2. The molecule has 0 aliphatic carbocycles. The first-order valence-electron chi connectivity index (χ1n) is 9.66. The van der Waals surface area contributed by atoms with Crippen LogP contribution in [-0.2, 0) is 4.79 Å². The van der Waals surface area contributed by atoms with Crippen molar-refractivity contribution in [2.24, 2.45) is 0 Å². The van der Waals surface area contributed by atoms with Gasteiger partial charge in [0, 0.05) is 23.6 Å². The molecule has 2 amide bonds. The van der Waals surface area contributed by atoms with Crippen LogP contribution in [-0.4, -0.2) is 18.4 Å². The van der Waals surface area contributed by atoms with Gasteiger partial charge in [-0.3, -0.25) is 9.59 Å². The molecule has 1 atom stereocenters.